The molecular formula is C46H60F2N2O12. The number of esters is 2. The van der Waals surface area contributed by atoms with E-state index >= 15 is 0 Å². The highest BCUT2D eigenvalue weighted by Gasteiger charge is 2.38. The van der Waals surface area contributed by atoms with Crippen LogP contribution in [0.25, 0.3) is 0 Å². The molecule has 0 radical (unpaired) electrons. The van der Waals surface area contributed by atoms with Crippen LogP contribution in [0, 0.1) is 11.6 Å². The molecule has 8 atom stereocenters. The number of para-hydroxylation sites is 1. The van der Waals surface area contributed by atoms with Gasteiger partial charge in [0.1, 0.15) is 65.1 Å². The number of benzene rings is 3. The van der Waals surface area contributed by atoms with Gasteiger partial charge in [0.05, 0.1) is 6.10 Å². The van der Waals surface area contributed by atoms with Gasteiger partial charge in [-0.2, -0.15) is 0 Å². The summed E-state index contributed by atoms with van der Waals surface area (Å²) >= 11 is 0. The molecule has 0 spiro atoms. The zero-order valence-corrected chi connectivity index (χ0v) is 36.6. The van der Waals surface area contributed by atoms with Crippen molar-refractivity contribution in [2.24, 2.45) is 0 Å². The Morgan fingerprint density at radius 2 is 1.08 bits per heavy atom. The number of carbonyl (C=O) groups excluding carboxylic acids is 4. The van der Waals surface area contributed by atoms with Crippen LogP contribution in [0.5, 0.6) is 5.75 Å². The minimum Gasteiger partial charge on any atom is -0.484 e. The van der Waals surface area contributed by atoms with Gasteiger partial charge < -0.3 is 48.9 Å². The standard InChI is InChI=1S/C26H32FNO6.C20H28FNO6/c1-17-23(33-20-8-6-5-7-9-20)22(16-18-10-12-19(27)13-11-18)31-15-14-21(24(29)32-17)28-25(30)34-26(2,3)4;1-12-17(23)16(11-13-5-7-14(21)8-6-13)26-10-9-15(18(24)27-12)22-19(25)28-20(2,3)4/h5-13,17,21-23H,14-16H2,1-4H3,(H,28,30);5-8,12,15-17,23H,9-11H2,1-4H3,(H,22,25)/t17-,21-,22+,23-;12-,15-,16+,17-/m00/s1. The molecule has 3 aromatic carbocycles. The summed E-state index contributed by atoms with van der Waals surface area (Å²) in [7, 11) is 0. The maximum absolute atomic E-state index is 13.4. The van der Waals surface area contributed by atoms with Crippen LogP contribution in [0.2, 0.25) is 0 Å². The third-order valence-electron chi connectivity index (χ3n) is 9.44. The molecule has 16 heteroatoms. The maximum Gasteiger partial charge on any atom is 0.408 e. The molecule has 0 saturated carbocycles. The van der Waals surface area contributed by atoms with Crippen LogP contribution in [-0.4, -0.2) is 102 Å². The monoisotopic (exact) mass is 870 g/mol. The van der Waals surface area contributed by atoms with Gasteiger partial charge in [0.2, 0.25) is 0 Å². The van der Waals surface area contributed by atoms with Crippen LogP contribution >= 0.6 is 0 Å². The summed E-state index contributed by atoms with van der Waals surface area (Å²) in [5.41, 5.74) is 0.235. The molecule has 340 valence electrons. The lowest BCUT2D eigenvalue weighted by Crippen LogP contribution is -2.47. The smallest absolute Gasteiger partial charge is 0.408 e. The summed E-state index contributed by atoms with van der Waals surface area (Å²) in [6.45, 7) is 13.9. The van der Waals surface area contributed by atoms with Crippen molar-refractivity contribution in [3.63, 3.8) is 0 Å². The van der Waals surface area contributed by atoms with Gasteiger partial charge >= 0.3 is 24.1 Å². The Morgan fingerprint density at radius 1 is 0.661 bits per heavy atom. The van der Waals surface area contributed by atoms with Gasteiger partial charge in [-0.15, -0.1) is 0 Å². The van der Waals surface area contributed by atoms with E-state index in [4.69, 9.17) is 33.2 Å². The quantitative estimate of drug-likeness (QED) is 0.160. The van der Waals surface area contributed by atoms with Crippen molar-refractivity contribution in [3.8, 4) is 5.75 Å². The molecule has 5 rings (SSSR count). The van der Waals surface area contributed by atoms with Crippen molar-refractivity contribution in [2.45, 2.75) is 141 Å². The molecule has 2 fully saturated rings. The molecule has 62 heavy (non-hydrogen) atoms. The Balaban J connectivity index is 0.000000278. The molecule has 2 saturated heterocycles. The van der Waals surface area contributed by atoms with Gasteiger partial charge in [0.15, 0.2) is 6.10 Å². The third kappa shape index (κ3) is 16.9. The number of nitrogens with one attached hydrogen (secondary N) is 2. The van der Waals surface area contributed by atoms with E-state index in [-0.39, 0.29) is 37.7 Å². The first-order valence-corrected chi connectivity index (χ1v) is 20.7. The Morgan fingerprint density at radius 3 is 1.53 bits per heavy atom. The summed E-state index contributed by atoms with van der Waals surface area (Å²) in [5, 5.41) is 15.6. The first kappa shape index (κ1) is 49.3. The minimum atomic E-state index is -1.07. The molecule has 2 aliphatic rings. The summed E-state index contributed by atoms with van der Waals surface area (Å²) in [6, 6.07) is 19.4. The number of aliphatic hydroxyl groups is 1. The number of cyclic esters (lactones) is 2. The molecule has 2 heterocycles. The number of halogens is 2. The zero-order chi connectivity index (χ0) is 45.6. The van der Waals surface area contributed by atoms with Gasteiger partial charge in [0, 0.05) is 38.9 Å². The maximum atomic E-state index is 13.4. The molecule has 0 unspecified atom stereocenters. The van der Waals surface area contributed by atoms with E-state index in [0.717, 1.165) is 11.1 Å². The van der Waals surface area contributed by atoms with Gasteiger partial charge in [-0.05, 0) is 103 Å². The third-order valence-corrected chi connectivity index (χ3v) is 9.44. The fourth-order valence-electron chi connectivity index (χ4n) is 6.43. The van der Waals surface area contributed by atoms with E-state index in [0.29, 0.717) is 18.6 Å². The molecule has 3 N–H and O–H groups in total. The Kier molecular flexibility index (Phi) is 18.0. The van der Waals surface area contributed by atoms with Gasteiger partial charge in [-0.3, -0.25) is 0 Å². The van der Waals surface area contributed by atoms with E-state index in [9.17, 15) is 33.1 Å². The Bertz CT molecular complexity index is 1890. The lowest BCUT2D eigenvalue weighted by molar-refractivity contribution is -0.159. The number of hydrogen-bond acceptors (Lipinski definition) is 12. The lowest BCUT2D eigenvalue weighted by Gasteiger charge is -2.31. The molecular weight excluding hydrogens is 811 g/mol. The van der Waals surface area contributed by atoms with E-state index in [1.165, 1.54) is 24.3 Å². The second kappa shape index (κ2) is 22.7. The Hall–Kier alpha value is -5.32. The van der Waals surface area contributed by atoms with Crippen molar-refractivity contribution in [3.05, 3.63) is 102 Å². The van der Waals surface area contributed by atoms with Crippen LogP contribution in [0.3, 0.4) is 0 Å². The van der Waals surface area contributed by atoms with Crippen molar-refractivity contribution in [1.29, 1.82) is 0 Å². The number of amides is 2. The van der Waals surface area contributed by atoms with Crippen LogP contribution in [-0.2, 0) is 50.9 Å². The number of aliphatic hydroxyl groups excluding tert-OH is 1. The van der Waals surface area contributed by atoms with Crippen LogP contribution in [0.15, 0.2) is 78.9 Å². The Labute approximate surface area is 361 Å². The summed E-state index contributed by atoms with van der Waals surface area (Å²) in [5.74, 6) is -1.33. The molecule has 0 aliphatic carbocycles. The number of hydrogen-bond donors (Lipinski definition) is 3. The first-order valence-electron chi connectivity index (χ1n) is 20.7. The number of alkyl carbamates (subject to hydrolysis) is 2. The average molecular weight is 871 g/mol. The highest BCUT2D eigenvalue weighted by atomic mass is 19.1. The van der Waals surface area contributed by atoms with Crippen molar-refractivity contribution in [2.75, 3.05) is 13.2 Å². The second-order valence-electron chi connectivity index (χ2n) is 17.1. The van der Waals surface area contributed by atoms with Crippen molar-refractivity contribution >= 4 is 24.1 Å². The SMILES string of the molecule is C[C@@H]1OC(=O)[C@@H](NC(=O)OC(C)(C)C)CCO[C@H](Cc2ccc(F)cc2)[C@H]1O.C[C@@H]1OC(=O)[C@@H](NC(=O)OC(C)(C)C)CCO[C@H](Cc2ccc(F)cc2)[C@H]1Oc1ccccc1. The number of carbonyl (C=O) groups is 4. The second-order valence-corrected chi connectivity index (χ2v) is 17.1. The normalized spacial score (nSPS) is 24.9. The summed E-state index contributed by atoms with van der Waals surface area (Å²) < 4.78 is 66.1. The predicted molar refractivity (Wildman–Crippen MR) is 223 cm³/mol. The van der Waals surface area contributed by atoms with E-state index in [1.54, 1.807) is 79.7 Å². The van der Waals surface area contributed by atoms with Gasteiger partial charge in [0.25, 0.3) is 0 Å². The summed E-state index contributed by atoms with van der Waals surface area (Å²) in [6.07, 6.45) is -4.73. The van der Waals surface area contributed by atoms with Crippen LogP contribution < -0.4 is 15.4 Å². The molecule has 14 nitrogen and oxygen atoms in total. The first-order chi connectivity index (χ1) is 29.2. The highest BCUT2D eigenvalue weighted by Crippen LogP contribution is 2.24. The van der Waals surface area contributed by atoms with Crippen LogP contribution in [0.1, 0.15) is 79.4 Å². The molecule has 2 aliphatic heterocycles. The molecule has 3 aromatic rings. The molecule has 0 aromatic heterocycles. The predicted octanol–water partition coefficient (Wildman–Crippen LogP) is 6.77. The van der Waals surface area contributed by atoms with E-state index in [2.05, 4.69) is 10.6 Å². The topological polar surface area (TPSA) is 177 Å². The fraction of sp³-hybridized carbons (Fsp3) is 0.522. The zero-order valence-electron chi connectivity index (χ0n) is 36.6. The lowest BCUT2D eigenvalue weighted by atomic mass is 10.00. The largest absolute Gasteiger partial charge is 0.484 e. The number of ether oxygens (including phenoxy) is 7. The minimum absolute atomic E-state index is 0.116. The van der Waals surface area contributed by atoms with E-state index < -0.39 is 84.0 Å². The van der Waals surface area contributed by atoms with Gasteiger partial charge in [-0.25, -0.2) is 28.0 Å². The summed E-state index contributed by atoms with van der Waals surface area (Å²) in [4.78, 5) is 49.5. The highest BCUT2D eigenvalue weighted by molar-refractivity contribution is 5.82. The number of rotatable bonds is 8. The fourth-order valence-corrected chi connectivity index (χ4v) is 6.43. The van der Waals surface area contributed by atoms with Crippen LogP contribution in [0.4, 0.5) is 18.4 Å². The van der Waals surface area contributed by atoms with Crippen molar-refractivity contribution in [1.82, 2.24) is 10.6 Å². The van der Waals surface area contributed by atoms with Gasteiger partial charge in [-0.1, -0.05) is 42.5 Å². The molecule has 0 bridgehead atoms. The van der Waals surface area contributed by atoms with E-state index in [1.807, 2.05) is 30.3 Å². The molecule has 2 amide bonds. The average Bonchev–Trinajstić information content (AvgIpc) is 3.25. The van der Waals surface area contributed by atoms with Crippen molar-refractivity contribution < 1.29 is 66.2 Å².